The van der Waals surface area contributed by atoms with Crippen LogP contribution < -0.4 is 10.1 Å². The van der Waals surface area contributed by atoms with Crippen LogP contribution in [-0.4, -0.2) is 22.9 Å². The Labute approximate surface area is 271 Å². The average Bonchev–Trinajstić information content (AvgIpc) is 3.39. The van der Waals surface area contributed by atoms with E-state index in [1.807, 2.05) is 50.2 Å². The smallest absolute Gasteiger partial charge is 0.416 e. The van der Waals surface area contributed by atoms with Crippen LogP contribution in [0.1, 0.15) is 34.6 Å². The fourth-order valence-corrected chi connectivity index (χ4v) is 7.92. The fraction of sp³-hybridized carbons (Fsp3) is 0.206. The van der Waals surface area contributed by atoms with Crippen molar-refractivity contribution in [2.24, 2.45) is 0 Å². The number of halogens is 5. The molecule has 234 valence electrons. The van der Waals surface area contributed by atoms with Gasteiger partial charge < -0.3 is 15.2 Å². The molecule has 4 aromatic carbocycles. The Morgan fingerprint density at radius 3 is 2.31 bits per heavy atom. The topological polar surface area (TPSA) is 58.6 Å². The van der Waals surface area contributed by atoms with E-state index >= 15 is 0 Å². The highest BCUT2D eigenvalue weighted by Crippen LogP contribution is 2.47. The zero-order valence-electron chi connectivity index (χ0n) is 24.1. The van der Waals surface area contributed by atoms with Crippen LogP contribution in [0.4, 0.5) is 17.6 Å². The van der Waals surface area contributed by atoms with Crippen molar-refractivity contribution in [2.45, 2.75) is 42.0 Å². The summed E-state index contributed by atoms with van der Waals surface area (Å²) in [5, 5.41) is 12.2. The number of rotatable bonds is 10. The molecule has 11 heteroatoms. The van der Waals surface area contributed by atoms with E-state index in [2.05, 4.69) is 5.32 Å². The summed E-state index contributed by atoms with van der Waals surface area (Å²) in [6, 6.07) is 23.4. The Bertz CT molecular complexity index is 1730. The number of hydrogen-bond donors (Lipinski definition) is 2. The molecule has 0 spiro atoms. The van der Waals surface area contributed by atoms with Gasteiger partial charge in [0.05, 0.1) is 10.6 Å². The minimum Gasteiger partial charge on any atom is -0.482 e. The van der Waals surface area contributed by atoms with Gasteiger partial charge in [-0.05, 0) is 90.6 Å². The van der Waals surface area contributed by atoms with Crippen molar-refractivity contribution in [1.29, 1.82) is 0 Å². The molecule has 5 rings (SSSR count). The first kappa shape index (κ1) is 32.8. The summed E-state index contributed by atoms with van der Waals surface area (Å²) in [4.78, 5) is 13.0. The molecule has 45 heavy (non-hydrogen) atoms. The van der Waals surface area contributed by atoms with Crippen LogP contribution >= 0.6 is 35.1 Å². The van der Waals surface area contributed by atoms with E-state index in [0.717, 1.165) is 55.4 Å². The highest BCUT2D eigenvalue weighted by molar-refractivity contribution is 8.06. The van der Waals surface area contributed by atoms with Crippen LogP contribution in [0.3, 0.4) is 0 Å². The molecule has 1 aliphatic rings. The number of nitrogens with one attached hydrogen (secondary N) is 1. The van der Waals surface area contributed by atoms with Crippen molar-refractivity contribution in [3.05, 3.63) is 129 Å². The zero-order chi connectivity index (χ0) is 32.3. The molecule has 1 heterocycles. The molecule has 0 saturated heterocycles. The monoisotopic (exact) mass is 673 g/mol. The van der Waals surface area contributed by atoms with Gasteiger partial charge in [-0.25, -0.2) is 9.18 Å². The predicted molar refractivity (Wildman–Crippen MR) is 172 cm³/mol. The Hall–Kier alpha value is -3.60. The summed E-state index contributed by atoms with van der Waals surface area (Å²) >= 11 is 9.21. The Morgan fingerprint density at radius 2 is 1.69 bits per heavy atom. The molecular formula is C34H28ClF4NO3S2. The minimum atomic E-state index is -4.40. The molecule has 4 aromatic rings. The molecule has 0 saturated carbocycles. The van der Waals surface area contributed by atoms with Gasteiger partial charge in [-0.15, -0.1) is 11.8 Å². The fourth-order valence-electron chi connectivity index (χ4n) is 4.90. The molecule has 0 aromatic heterocycles. The number of carbonyl (C=O) groups is 1. The molecule has 1 aliphatic heterocycles. The molecule has 0 fully saturated rings. The molecular weight excluding hydrogens is 646 g/mol. The summed E-state index contributed by atoms with van der Waals surface area (Å²) in [6.45, 7) is 3.39. The Morgan fingerprint density at radius 1 is 1.00 bits per heavy atom. The van der Waals surface area contributed by atoms with E-state index in [4.69, 9.17) is 21.4 Å². The van der Waals surface area contributed by atoms with E-state index in [1.165, 1.54) is 18.2 Å². The van der Waals surface area contributed by atoms with Gasteiger partial charge in [0, 0.05) is 20.7 Å². The van der Waals surface area contributed by atoms with Gasteiger partial charge in [-0.3, -0.25) is 0 Å². The number of alkyl halides is 3. The largest absolute Gasteiger partial charge is 0.482 e. The first-order valence-electron chi connectivity index (χ1n) is 13.8. The highest BCUT2D eigenvalue weighted by Gasteiger charge is 2.32. The van der Waals surface area contributed by atoms with Crippen LogP contribution in [-0.2, 0) is 17.4 Å². The van der Waals surface area contributed by atoms with Gasteiger partial charge in [-0.2, -0.15) is 13.2 Å². The van der Waals surface area contributed by atoms with Crippen molar-refractivity contribution in [2.75, 3.05) is 6.61 Å². The number of aryl methyl sites for hydroxylation is 1. The minimum absolute atomic E-state index is 0.0542. The van der Waals surface area contributed by atoms with E-state index < -0.39 is 30.1 Å². The maximum absolute atomic E-state index is 13.7. The first-order chi connectivity index (χ1) is 21.4. The standard InChI is InChI=1S/C34H28ClF4NO3S2/c1-19-15-26(12-14-29(19)43-18-31(41)42)44-30(16-21-3-5-22(6-4-21)24-9-13-28(36)27(35)17-24)32-20(2)40-33(45-32)23-7-10-25(11-8-23)34(37,38)39/h3-15,17,30,33,40H,16,18H2,1-2H3,(H,41,42). The third kappa shape index (κ3) is 8.17. The predicted octanol–water partition coefficient (Wildman–Crippen LogP) is 9.91. The number of benzene rings is 4. The van der Waals surface area contributed by atoms with Crippen molar-refractivity contribution in [1.82, 2.24) is 5.32 Å². The molecule has 2 N–H and O–H groups in total. The second-order valence-electron chi connectivity index (χ2n) is 10.5. The van der Waals surface area contributed by atoms with Crippen LogP contribution in [0.5, 0.6) is 5.75 Å². The molecule has 0 aliphatic carbocycles. The lowest BCUT2D eigenvalue weighted by Gasteiger charge is -2.20. The van der Waals surface area contributed by atoms with Crippen molar-refractivity contribution < 1.29 is 32.2 Å². The molecule has 2 atom stereocenters. The summed E-state index contributed by atoms with van der Waals surface area (Å²) < 4.78 is 58.5. The zero-order valence-corrected chi connectivity index (χ0v) is 26.5. The van der Waals surface area contributed by atoms with Crippen LogP contribution in [0.25, 0.3) is 11.1 Å². The van der Waals surface area contributed by atoms with Crippen molar-refractivity contribution in [3.8, 4) is 16.9 Å². The summed E-state index contributed by atoms with van der Waals surface area (Å²) in [7, 11) is 0. The van der Waals surface area contributed by atoms with E-state index in [-0.39, 0.29) is 15.6 Å². The molecule has 2 unspecified atom stereocenters. The normalized spacial score (nSPS) is 15.6. The summed E-state index contributed by atoms with van der Waals surface area (Å²) in [6.07, 6.45) is -3.76. The van der Waals surface area contributed by atoms with E-state index in [1.54, 1.807) is 41.7 Å². The molecule has 0 amide bonds. The second-order valence-corrected chi connectivity index (χ2v) is 13.3. The number of ether oxygens (including phenoxy) is 1. The average molecular weight is 674 g/mol. The Balaban J connectivity index is 1.40. The lowest BCUT2D eigenvalue weighted by molar-refractivity contribution is -0.139. The van der Waals surface area contributed by atoms with Crippen molar-refractivity contribution >= 4 is 41.1 Å². The third-order valence-corrected chi connectivity index (χ3v) is 10.3. The highest BCUT2D eigenvalue weighted by atomic mass is 35.5. The first-order valence-corrected chi connectivity index (χ1v) is 16.0. The molecule has 0 radical (unpaired) electrons. The maximum atomic E-state index is 13.7. The number of hydrogen-bond acceptors (Lipinski definition) is 5. The van der Waals surface area contributed by atoms with Gasteiger partial charge in [0.1, 0.15) is 16.9 Å². The lowest BCUT2D eigenvalue weighted by atomic mass is 10.0. The quantitative estimate of drug-likeness (QED) is 0.129. The van der Waals surface area contributed by atoms with Gasteiger partial charge >= 0.3 is 12.1 Å². The number of carboxylic acids is 1. The second kappa shape index (κ2) is 13.8. The van der Waals surface area contributed by atoms with Gasteiger partial charge in [0.25, 0.3) is 0 Å². The van der Waals surface area contributed by atoms with E-state index in [0.29, 0.717) is 12.2 Å². The van der Waals surface area contributed by atoms with Crippen molar-refractivity contribution in [3.63, 3.8) is 0 Å². The third-order valence-electron chi connectivity index (χ3n) is 7.20. The maximum Gasteiger partial charge on any atom is 0.416 e. The van der Waals surface area contributed by atoms with Crippen LogP contribution in [0.2, 0.25) is 5.02 Å². The van der Waals surface area contributed by atoms with Crippen LogP contribution in [0, 0.1) is 12.7 Å². The number of allylic oxidation sites excluding steroid dienone is 1. The van der Waals surface area contributed by atoms with Crippen LogP contribution in [0.15, 0.2) is 100 Å². The summed E-state index contributed by atoms with van der Waals surface area (Å²) in [5.74, 6) is -1.05. The van der Waals surface area contributed by atoms with Gasteiger partial charge in [0.2, 0.25) is 0 Å². The summed E-state index contributed by atoms with van der Waals surface area (Å²) in [5.41, 5.74) is 4.54. The molecule has 4 nitrogen and oxygen atoms in total. The van der Waals surface area contributed by atoms with Gasteiger partial charge in [-0.1, -0.05) is 65.8 Å². The Kier molecular flexibility index (Phi) is 10.1. The number of aliphatic carboxylic acids is 1. The lowest BCUT2D eigenvalue weighted by Crippen LogP contribution is -2.12. The molecule has 0 bridgehead atoms. The van der Waals surface area contributed by atoms with Gasteiger partial charge in [0.15, 0.2) is 6.61 Å². The SMILES string of the molecule is CC1=C(C(Cc2ccc(-c3ccc(F)c(Cl)c3)cc2)Sc2ccc(OCC(=O)O)c(C)c2)SC(c2ccc(C(F)(F)F)cc2)N1. The number of carboxylic acid groups (broad SMARTS) is 1. The number of thioether (sulfide) groups is 2. The van der Waals surface area contributed by atoms with E-state index in [9.17, 15) is 22.4 Å².